The molecule has 0 aliphatic carbocycles. The fourth-order valence-corrected chi connectivity index (χ4v) is 4.61. The van der Waals surface area contributed by atoms with E-state index < -0.39 is 5.60 Å². The molecule has 2 aromatic heterocycles. The molecule has 6 nitrogen and oxygen atoms in total. The Bertz CT molecular complexity index is 1090. The van der Waals surface area contributed by atoms with Crippen molar-refractivity contribution in [2.45, 2.75) is 45.8 Å². The highest BCUT2D eigenvalue weighted by Crippen LogP contribution is 2.30. The predicted molar refractivity (Wildman–Crippen MR) is 110 cm³/mol. The van der Waals surface area contributed by atoms with Gasteiger partial charge in [-0.1, -0.05) is 18.2 Å². The minimum Gasteiger partial charge on any atom is -0.444 e. The molecule has 0 bridgehead atoms. The van der Waals surface area contributed by atoms with Gasteiger partial charge in [0.2, 0.25) is 0 Å². The minimum absolute atomic E-state index is 0.169. The molecular weight excluding hydrogens is 374 g/mol. The van der Waals surface area contributed by atoms with Crippen molar-refractivity contribution < 1.29 is 9.53 Å². The van der Waals surface area contributed by atoms with Gasteiger partial charge in [0, 0.05) is 28.1 Å². The second-order valence-corrected chi connectivity index (χ2v) is 9.26. The second kappa shape index (κ2) is 7.05. The number of carbonyl (C=O) groups excluding carboxylic acids is 1. The van der Waals surface area contributed by atoms with E-state index in [1.165, 1.54) is 15.3 Å². The average molecular weight is 398 g/mol. The summed E-state index contributed by atoms with van der Waals surface area (Å²) in [6.45, 7) is 6.88. The van der Waals surface area contributed by atoms with E-state index in [1.807, 2.05) is 45.0 Å². The van der Waals surface area contributed by atoms with E-state index in [4.69, 9.17) is 4.74 Å². The summed E-state index contributed by atoms with van der Waals surface area (Å²) in [5.41, 5.74) is 1.37. The van der Waals surface area contributed by atoms with Crippen molar-refractivity contribution in [3.8, 4) is 0 Å². The van der Waals surface area contributed by atoms with Crippen LogP contribution in [0.2, 0.25) is 0 Å². The van der Waals surface area contributed by atoms with Crippen LogP contribution in [0.4, 0.5) is 4.79 Å². The molecule has 7 heteroatoms. The van der Waals surface area contributed by atoms with Gasteiger partial charge >= 0.3 is 6.09 Å². The number of carbonyl (C=O) groups is 1. The summed E-state index contributed by atoms with van der Waals surface area (Å²) < 4.78 is 5.50. The van der Waals surface area contributed by atoms with Gasteiger partial charge in [0.1, 0.15) is 5.60 Å². The first-order valence-electron chi connectivity index (χ1n) is 9.35. The predicted octanol–water partition coefficient (Wildman–Crippen LogP) is 3.87. The summed E-state index contributed by atoms with van der Waals surface area (Å²) in [5, 5.41) is 8.41. The highest BCUT2D eigenvalue weighted by Gasteiger charge is 2.27. The van der Waals surface area contributed by atoms with Crippen LogP contribution in [-0.2, 0) is 24.1 Å². The molecule has 0 radical (unpaired) electrons. The maximum atomic E-state index is 12.4. The van der Waals surface area contributed by atoms with E-state index in [-0.39, 0.29) is 11.7 Å². The van der Waals surface area contributed by atoms with Crippen LogP contribution in [0.3, 0.4) is 0 Å². The van der Waals surface area contributed by atoms with E-state index >= 15 is 0 Å². The van der Waals surface area contributed by atoms with Crippen molar-refractivity contribution in [2.75, 3.05) is 6.54 Å². The number of H-pyrrole nitrogens is 1. The third-order valence-electron chi connectivity index (χ3n) is 4.69. The van der Waals surface area contributed by atoms with Gasteiger partial charge in [0.15, 0.2) is 0 Å². The number of hydrogen-bond acceptors (Lipinski definition) is 5. The van der Waals surface area contributed by atoms with Gasteiger partial charge in [-0.05, 0) is 44.9 Å². The molecule has 1 aromatic carbocycles. The van der Waals surface area contributed by atoms with E-state index in [0.717, 1.165) is 17.5 Å². The lowest BCUT2D eigenvalue weighted by atomic mass is 10.1. The smallest absolute Gasteiger partial charge is 0.410 e. The zero-order valence-electron chi connectivity index (χ0n) is 16.2. The van der Waals surface area contributed by atoms with Gasteiger partial charge in [-0.3, -0.25) is 4.79 Å². The minimum atomic E-state index is -0.492. The number of fused-ring (bicyclic) bond motifs is 2. The van der Waals surface area contributed by atoms with E-state index in [2.05, 4.69) is 16.3 Å². The summed E-state index contributed by atoms with van der Waals surface area (Å²) in [7, 11) is 0. The van der Waals surface area contributed by atoms with Gasteiger partial charge in [0.05, 0.1) is 17.6 Å². The van der Waals surface area contributed by atoms with E-state index in [0.29, 0.717) is 24.9 Å². The number of thiophene rings is 1. The first-order chi connectivity index (χ1) is 13.3. The fraction of sp³-hybridized carbons (Fsp3) is 0.381. The Kier molecular flexibility index (Phi) is 4.71. The summed E-state index contributed by atoms with van der Waals surface area (Å²) in [6, 6.07) is 9.68. The van der Waals surface area contributed by atoms with Crippen LogP contribution in [0, 0.1) is 0 Å². The molecule has 1 N–H and O–H groups in total. The summed E-state index contributed by atoms with van der Waals surface area (Å²) >= 11 is 1.76. The third kappa shape index (κ3) is 3.80. The van der Waals surface area contributed by atoms with Gasteiger partial charge in [0.25, 0.3) is 5.56 Å². The first-order valence-corrected chi connectivity index (χ1v) is 10.2. The Morgan fingerprint density at radius 1 is 1.29 bits per heavy atom. The molecule has 0 saturated carbocycles. The number of nitrogens with one attached hydrogen (secondary N) is 1. The summed E-state index contributed by atoms with van der Waals surface area (Å²) in [5.74, 6) is 0. The molecule has 1 amide bonds. The normalized spacial score (nSPS) is 14.2. The highest BCUT2D eigenvalue weighted by molar-refractivity contribution is 7.12. The molecule has 0 fully saturated rings. The Labute approximate surface area is 167 Å². The number of ether oxygens (including phenoxy) is 1. The summed E-state index contributed by atoms with van der Waals surface area (Å²) in [4.78, 5) is 28.6. The van der Waals surface area contributed by atoms with Gasteiger partial charge in [-0.15, -0.1) is 11.3 Å². The molecule has 1 aliphatic rings. The molecule has 4 rings (SSSR count). The number of nitrogens with zero attached hydrogens (tertiary/aromatic N) is 2. The number of aromatic nitrogens is 2. The molecule has 28 heavy (non-hydrogen) atoms. The van der Waals surface area contributed by atoms with Crippen molar-refractivity contribution in [3.05, 3.63) is 61.7 Å². The van der Waals surface area contributed by atoms with Crippen molar-refractivity contribution in [3.63, 3.8) is 0 Å². The largest absolute Gasteiger partial charge is 0.444 e. The number of aromatic amines is 1. The van der Waals surface area contributed by atoms with Crippen LogP contribution in [0.15, 0.2) is 35.1 Å². The zero-order valence-corrected chi connectivity index (χ0v) is 17.1. The molecule has 0 unspecified atom stereocenters. The maximum Gasteiger partial charge on any atom is 0.410 e. The number of amides is 1. The molecule has 0 atom stereocenters. The monoisotopic (exact) mass is 397 g/mol. The Morgan fingerprint density at radius 3 is 2.79 bits per heavy atom. The Balaban J connectivity index is 1.55. The standard InChI is InChI=1S/C21H23N3O3S/c1-21(2,3)27-20(26)24-9-8-18-13(12-24)10-14(28-18)11-17-15-6-4-5-7-16(15)19(25)23-22-17/h4-7,10H,8-9,11-12H2,1-3H3,(H,23,25). The number of benzene rings is 1. The maximum absolute atomic E-state index is 12.4. The van der Waals surface area contributed by atoms with E-state index in [1.54, 1.807) is 16.2 Å². The van der Waals surface area contributed by atoms with Crippen molar-refractivity contribution in [1.29, 1.82) is 0 Å². The van der Waals surface area contributed by atoms with Crippen LogP contribution in [0.5, 0.6) is 0 Å². The summed E-state index contributed by atoms with van der Waals surface area (Å²) in [6.07, 6.45) is 1.22. The number of rotatable bonds is 2. The zero-order chi connectivity index (χ0) is 19.9. The van der Waals surface area contributed by atoms with Crippen LogP contribution in [0.1, 0.15) is 41.8 Å². The van der Waals surface area contributed by atoms with Gasteiger partial charge in [-0.25, -0.2) is 9.89 Å². The molecular formula is C21H23N3O3S. The Morgan fingerprint density at radius 2 is 2.04 bits per heavy atom. The molecule has 1 aliphatic heterocycles. The molecule has 146 valence electrons. The lowest BCUT2D eigenvalue weighted by Gasteiger charge is -2.29. The second-order valence-electron chi connectivity index (χ2n) is 8.03. The number of hydrogen-bond donors (Lipinski definition) is 1. The van der Waals surface area contributed by atoms with Crippen molar-refractivity contribution in [2.24, 2.45) is 0 Å². The lowest BCUT2D eigenvalue weighted by Crippen LogP contribution is -2.39. The van der Waals surface area contributed by atoms with Crippen LogP contribution in [-0.4, -0.2) is 33.3 Å². The van der Waals surface area contributed by atoms with Crippen LogP contribution >= 0.6 is 11.3 Å². The van der Waals surface area contributed by atoms with Gasteiger partial charge in [-0.2, -0.15) is 5.10 Å². The van der Waals surface area contributed by atoms with E-state index in [9.17, 15) is 9.59 Å². The highest BCUT2D eigenvalue weighted by atomic mass is 32.1. The molecule has 0 spiro atoms. The van der Waals surface area contributed by atoms with Crippen LogP contribution in [0.25, 0.3) is 10.8 Å². The fourth-order valence-electron chi connectivity index (χ4n) is 3.44. The van der Waals surface area contributed by atoms with Crippen LogP contribution < -0.4 is 5.56 Å². The van der Waals surface area contributed by atoms with Crippen molar-refractivity contribution >= 4 is 28.2 Å². The Hall–Kier alpha value is -2.67. The topological polar surface area (TPSA) is 75.3 Å². The lowest BCUT2D eigenvalue weighted by molar-refractivity contribution is 0.0225. The third-order valence-corrected chi connectivity index (χ3v) is 5.92. The van der Waals surface area contributed by atoms with Crippen molar-refractivity contribution in [1.82, 2.24) is 15.1 Å². The quantitative estimate of drug-likeness (QED) is 0.712. The molecule has 3 heterocycles. The van der Waals surface area contributed by atoms with Gasteiger partial charge < -0.3 is 9.64 Å². The molecule has 0 saturated heterocycles. The molecule has 3 aromatic rings. The first kappa shape index (κ1) is 18.7. The average Bonchev–Trinajstić information content (AvgIpc) is 3.04. The SMILES string of the molecule is CC(C)(C)OC(=O)N1CCc2sc(Cc3n[nH]c(=O)c4ccccc34)cc2C1.